The fourth-order valence-electron chi connectivity index (χ4n) is 1.94. The van der Waals surface area contributed by atoms with Crippen molar-refractivity contribution < 1.29 is 0 Å². The van der Waals surface area contributed by atoms with Crippen LogP contribution < -0.4 is 5.73 Å². The smallest absolute Gasteiger partial charge is 0.0757 e. The average Bonchev–Trinajstić information content (AvgIpc) is 2.81. The van der Waals surface area contributed by atoms with Crippen LogP contribution in [-0.2, 0) is 13.0 Å². The third-order valence-electron chi connectivity index (χ3n) is 2.86. The molecule has 1 aromatic heterocycles. The second-order valence-corrected chi connectivity index (χ2v) is 4.69. The number of hydrogen-bond donors (Lipinski definition) is 1. The van der Waals surface area contributed by atoms with Gasteiger partial charge in [-0.1, -0.05) is 41.9 Å². The first-order valence-electron chi connectivity index (χ1n) is 6.09. The van der Waals surface area contributed by atoms with Crippen LogP contribution in [0, 0.1) is 0 Å². The van der Waals surface area contributed by atoms with Crippen molar-refractivity contribution in [1.82, 2.24) is 15.0 Å². The highest BCUT2D eigenvalue weighted by molar-refractivity contribution is 6.31. The number of nitrogens with two attached hydrogens (primary N) is 1. The molecule has 0 saturated heterocycles. The summed E-state index contributed by atoms with van der Waals surface area (Å²) >= 11 is 6.14. The van der Waals surface area contributed by atoms with Crippen molar-refractivity contribution in [2.75, 3.05) is 0 Å². The summed E-state index contributed by atoms with van der Waals surface area (Å²) in [7, 11) is 0. The van der Waals surface area contributed by atoms with Gasteiger partial charge in [-0.15, -0.1) is 5.10 Å². The molecule has 0 fully saturated rings. The topological polar surface area (TPSA) is 56.7 Å². The van der Waals surface area contributed by atoms with Crippen LogP contribution >= 0.6 is 11.6 Å². The van der Waals surface area contributed by atoms with Crippen LogP contribution in [0.2, 0.25) is 5.02 Å². The van der Waals surface area contributed by atoms with Crippen LogP contribution in [-0.4, -0.2) is 15.0 Å². The molecular formula is C13H17ClN4. The predicted molar refractivity (Wildman–Crippen MR) is 72.4 cm³/mol. The molecule has 5 heteroatoms. The molecule has 2 rings (SSSR count). The maximum Gasteiger partial charge on any atom is 0.0757 e. The molecule has 2 aromatic rings. The maximum atomic E-state index is 6.21. The number of rotatable bonds is 5. The van der Waals surface area contributed by atoms with Gasteiger partial charge in [0.05, 0.1) is 17.9 Å². The maximum absolute atomic E-state index is 6.21. The van der Waals surface area contributed by atoms with Gasteiger partial charge in [0.1, 0.15) is 0 Å². The second kappa shape index (κ2) is 5.98. The van der Waals surface area contributed by atoms with Crippen molar-refractivity contribution in [2.24, 2.45) is 5.73 Å². The summed E-state index contributed by atoms with van der Waals surface area (Å²) in [6.45, 7) is 2.94. The lowest BCUT2D eigenvalue weighted by Crippen LogP contribution is -2.18. The van der Waals surface area contributed by atoms with Gasteiger partial charge in [-0.3, -0.25) is 0 Å². The Morgan fingerprint density at radius 3 is 2.89 bits per heavy atom. The molecule has 0 spiro atoms. The molecule has 18 heavy (non-hydrogen) atoms. The van der Waals surface area contributed by atoms with Gasteiger partial charge in [-0.05, 0) is 24.5 Å². The molecule has 0 saturated carbocycles. The van der Waals surface area contributed by atoms with Crippen molar-refractivity contribution in [3.8, 4) is 0 Å². The minimum atomic E-state index is -0.133. The largest absolute Gasteiger partial charge is 0.322 e. The van der Waals surface area contributed by atoms with Crippen LogP contribution in [0.4, 0.5) is 0 Å². The van der Waals surface area contributed by atoms with Crippen molar-refractivity contribution in [2.45, 2.75) is 32.4 Å². The lowest BCUT2D eigenvalue weighted by molar-refractivity contribution is 0.525. The lowest BCUT2D eigenvalue weighted by atomic mass is 10.0. The molecule has 1 unspecified atom stereocenters. The van der Waals surface area contributed by atoms with Gasteiger partial charge in [0.2, 0.25) is 0 Å². The lowest BCUT2D eigenvalue weighted by Gasteiger charge is -2.13. The summed E-state index contributed by atoms with van der Waals surface area (Å²) in [6.07, 6.45) is 3.43. The molecule has 0 bridgehead atoms. The van der Waals surface area contributed by atoms with E-state index in [2.05, 4.69) is 17.2 Å². The van der Waals surface area contributed by atoms with E-state index in [1.807, 2.05) is 28.9 Å². The highest BCUT2D eigenvalue weighted by Crippen LogP contribution is 2.21. The number of nitrogens with zero attached hydrogens (tertiary/aromatic N) is 3. The summed E-state index contributed by atoms with van der Waals surface area (Å²) in [6, 6.07) is 7.63. The summed E-state index contributed by atoms with van der Waals surface area (Å²) in [5.41, 5.74) is 8.22. The van der Waals surface area contributed by atoms with Crippen molar-refractivity contribution in [1.29, 1.82) is 0 Å². The van der Waals surface area contributed by atoms with Gasteiger partial charge in [0, 0.05) is 11.6 Å². The molecule has 96 valence electrons. The molecular weight excluding hydrogens is 248 g/mol. The van der Waals surface area contributed by atoms with Gasteiger partial charge in [0.15, 0.2) is 0 Å². The van der Waals surface area contributed by atoms with E-state index in [1.54, 1.807) is 6.20 Å². The van der Waals surface area contributed by atoms with Crippen LogP contribution in [0.3, 0.4) is 0 Å². The quantitative estimate of drug-likeness (QED) is 0.903. The van der Waals surface area contributed by atoms with Gasteiger partial charge < -0.3 is 5.73 Å². The van der Waals surface area contributed by atoms with Crippen LogP contribution in [0.25, 0.3) is 0 Å². The fourth-order valence-corrected chi connectivity index (χ4v) is 2.16. The second-order valence-electron chi connectivity index (χ2n) is 4.28. The molecule has 0 aliphatic rings. The Hall–Kier alpha value is -1.39. The number of halogens is 1. The zero-order valence-electron chi connectivity index (χ0n) is 10.4. The molecule has 1 atom stereocenters. The molecule has 0 aliphatic heterocycles. The Balaban J connectivity index is 2.14. The van der Waals surface area contributed by atoms with E-state index in [0.717, 1.165) is 29.2 Å². The summed E-state index contributed by atoms with van der Waals surface area (Å²) < 4.78 is 1.86. The Kier molecular flexibility index (Phi) is 4.33. The van der Waals surface area contributed by atoms with E-state index in [1.165, 1.54) is 0 Å². The SMILES string of the molecule is CCCn1nncc1C(N)Cc1ccccc1Cl. The van der Waals surface area contributed by atoms with Crippen LogP contribution in [0.1, 0.15) is 30.6 Å². The zero-order valence-corrected chi connectivity index (χ0v) is 11.1. The number of aromatic nitrogens is 3. The van der Waals surface area contributed by atoms with Gasteiger partial charge in [0.25, 0.3) is 0 Å². The van der Waals surface area contributed by atoms with Crippen LogP contribution in [0.15, 0.2) is 30.5 Å². The van der Waals surface area contributed by atoms with E-state index in [-0.39, 0.29) is 6.04 Å². The molecule has 1 aromatic carbocycles. The van der Waals surface area contributed by atoms with E-state index in [4.69, 9.17) is 17.3 Å². The minimum Gasteiger partial charge on any atom is -0.322 e. The van der Waals surface area contributed by atoms with Crippen molar-refractivity contribution in [3.63, 3.8) is 0 Å². The Bertz CT molecular complexity index is 509. The zero-order chi connectivity index (χ0) is 13.0. The van der Waals surface area contributed by atoms with Gasteiger partial charge >= 0.3 is 0 Å². The van der Waals surface area contributed by atoms with Gasteiger partial charge in [-0.2, -0.15) is 0 Å². The van der Waals surface area contributed by atoms with Crippen LogP contribution in [0.5, 0.6) is 0 Å². The molecule has 4 nitrogen and oxygen atoms in total. The molecule has 2 N–H and O–H groups in total. The van der Waals surface area contributed by atoms with Crippen molar-refractivity contribution >= 4 is 11.6 Å². The highest BCUT2D eigenvalue weighted by atomic mass is 35.5. The average molecular weight is 265 g/mol. The summed E-state index contributed by atoms with van der Waals surface area (Å²) in [4.78, 5) is 0. The van der Waals surface area contributed by atoms with E-state index < -0.39 is 0 Å². The Morgan fingerprint density at radius 1 is 1.39 bits per heavy atom. The molecule has 0 aliphatic carbocycles. The summed E-state index contributed by atoms with van der Waals surface area (Å²) in [5, 5.41) is 8.72. The first kappa shape index (κ1) is 13.1. The molecule has 1 heterocycles. The Morgan fingerprint density at radius 2 is 2.17 bits per heavy atom. The predicted octanol–water partition coefficient (Wildman–Crippen LogP) is 2.58. The molecule has 0 radical (unpaired) electrons. The van der Waals surface area contributed by atoms with Gasteiger partial charge in [-0.25, -0.2) is 4.68 Å². The third kappa shape index (κ3) is 2.89. The first-order chi connectivity index (χ1) is 8.72. The van der Waals surface area contributed by atoms with E-state index in [0.29, 0.717) is 6.42 Å². The monoisotopic (exact) mass is 264 g/mol. The van der Waals surface area contributed by atoms with Crippen molar-refractivity contribution in [3.05, 3.63) is 46.7 Å². The fraction of sp³-hybridized carbons (Fsp3) is 0.385. The summed E-state index contributed by atoms with van der Waals surface area (Å²) in [5.74, 6) is 0. The minimum absolute atomic E-state index is 0.133. The normalized spacial score (nSPS) is 12.6. The number of hydrogen-bond acceptors (Lipinski definition) is 3. The van der Waals surface area contributed by atoms with E-state index in [9.17, 15) is 0 Å². The standard InChI is InChI=1S/C13H17ClN4/c1-2-7-18-13(9-16-17-18)12(15)8-10-5-3-4-6-11(10)14/h3-6,9,12H,2,7-8,15H2,1H3. The first-order valence-corrected chi connectivity index (χ1v) is 6.47. The van der Waals surface area contributed by atoms with E-state index >= 15 is 0 Å². The third-order valence-corrected chi connectivity index (χ3v) is 3.23. The number of benzene rings is 1. The Labute approximate surface area is 112 Å². The molecule has 0 amide bonds. The highest BCUT2D eigenvalue weighted by Gasteiger charge is 2.14. The number of aryl methyl sites for hydroxylation is 1.